The van der Waals surface area contributed by atoms with Gasteiger partial charge in [0, 0.05) is 12.5 Å². The first-order valence-electron chi connectivity index (χ1n) is 5.14. The van der Waals surface area contributed by atoms with Crippen LogP contribution in [0.3, 0.4) is 0 Å². The van der Waals surface area contributed by atoms with E-state index in [0.29, 0.717) is 5.92 Å². The fraction of sp³-hybridized carbons (Fsp3) is 0.500. The molecule has 1 atom stereocenters. The fourth-order valence-corrected chi connectivity index (χ4v) is 1.62. The van der Waals surface area contributed by atoms with E-state index in [1.54, 1.807) is 0 Å². The van der Waals surface area contributed by atoms with Crippen LogP contribution in [-0.4, -0.2) is 13.2 Å². The molecule has 0 aromatic heterocycles. The molecular weight excluding hydrogens is 174 g/mol. The van der Waals surface area contributed by atoms with E-state index in [4.69, 9.17) is 4.74 Å². The number of nitrogens with one attached hydrogen (secondary N) is 1. The van der Waals surface area contributed by atoms with E-state index in [0.717, 1.165) is 24.6 Å². The zero-order valence-corrected chi connectivity index (χ0v) is 9.05. The van der Waals surface area contributed by atoms with Crippen molar-refractivity contribution in [3.63, 3.8) is 0 Å². The Morgan fingerprint density at radius 3 is 2.79 bits per heavy atom. The molecule has 0 radical (unpaired) electrons. The summed E-state index contributed by atoms with van der Waals surface area (Å²) in [4.78, 5) is 0. The van der Waals surface area contributed by atoms with Gasteiger partial charge in [0.1, 0.15) is 5.75 Å². The van der Waals surface area contributed by atoms with E-state index in [1.807, 2.05) is 0 Å². The minimum Gasteiger partial charge on any atom is -0.491 e. The van der Waals surface area contributed by atoms with Crippen molar-refractivity contribution in [1.82, 2.24) is 0 Å². The summed E-state index contributed by atoms with van der Waals surface area (Å²) >= 11 is 0. The topological polar surface area (TPSA) is 21.3 Å². The van der Waals surface area contributed by atoms with Gasteiger partial charge in [-0.05, 0) is 37.1 Å². The van der Waals surface area contributed by atoms with Gasteiger partial charge in [0.15, 0.2) is 0 Å². The van der Waals surface area contributed by atoms with Crippen LogP contribution in [0.25, 0.3) is 0 Å². The molecule has 2 nitrogen and oxygen atoms in total. The maximum Gasteiger partial charge on any atom is 0.142 e. The molecule has 0 saturated heterocycles. The lowest BCUT2D eigenvalue weighted by atomic mass is 10.1. The van der Waals surface area contributed by atoms with Gasteiger partial charge in [0.25, 0.3) is 0 Å². The van der Waals surface area contributed by atoms with Crippen LogP contribution in [0.15, 0.2) is 12.1 Å². The Hall–Kier alpha value is -1.18. The number of aryl methyl sites for hydroxylation is 2. The van der Waals surface area contributed by atoms with E-state index >= 15 is 0 Å². The summed E-state index contributed by atoms with van der Waals surface area (Å²) in [7, 11) is 0. The molecule has 2 heteroatoms. The second kappa shape index (κ2) is 3.52. The number of rotatable bonds is 0. The second-order valence-electron chi connectivity index (χ2n) is 4.23. The molecule has 76 valence electrons. The minimum atomic E-state index is 0.572. The molecule has 0 fully saturated rings. The first kappa shape index (κ1) is 9.38. The molecule has 0 aliphatic carbocycles. The van der Waals surface area contributed by atoms with Crippen molar-refractivity contribution in [3.05, 3.63) is 23.3 Å². The molecule has 1 aromatic rings. The van der Waals surface area contributed by atoms with Crippen molar-refractivity contribution in [2.24, 2.45) is 5.92 Å². The Bertz CT molecular complexity index is 313. The van der Waals surface area contributed by atoms with Gasteiger partial charge in [0.05, 0.1) is 12.3 Å². The highest BCUT2D eigenvalue weighted by Gasteiger charge is 2.13. The summed E-state index contributed by atoms with van der Waals surface area (Å²) in [5.74, 6) is 1.57. The number of hydrogen-bond acceptors (Lipinski definition) is 2. The molecule has 1 aliphatic rings. The predicted molar refractivity (Wildman–Crippen MR) is 59.1 cm³/mol. The summed E-state index contributed by atoms with van der Waals surface area (Å²) in [5, 5.41) is 3.42. The number of benzene rings is 1. The molecule has 0 amide bonds. The summed E-state index contributed by atoms with van der Waals surface area (Å²) in [5.41, 5.74) is 3.74. The van der Waals surface area contributed by atoms with Crippen LogP contribution in [0.5, 0.6) is 5.75 Å². The maximum absolute atomic E-state index is 5.73. The Labute approximate surface area is 85.3 Å². The first-order valence-corrected chi connectivity index (χ1v) is 5.14. The lowest BCUT2D eigenvalue weighted by Gasteiger charge is -2.10. The molecule has 0 saturated carbocycles. The average molecular weight is 191 g/mol. The lowest BCUT2D eigenvalue weighted by Crippen LogP contribution is -2.13. The van der Waals surface area contributed by atoms with Crippen LogP contribution in [0.1, 0.15) is 18.1 Å². The third-order valence-electron chi connectivity index (χ3n) is 2.76. The second-order valence-corrected chi connectivity index (χ2v) is 4.23. The molecule has 1 heterocycles. The van der Waals surface area contributed by atoms with Crippen molar-refractivity contribution in [2.45, 2.75) is 20.8 Å². The molecule has 0 bridgehead atoms. The Morgan fingerprint density at radius 1 is 1.29 bits per heavy atom. The van der Waals surface area contributed by atoms with Crippen molar-refractivity contribution in [3.8, 4) is 5.75 Å². The molecular formula is C12H17NO. The van der Waals surface area contributed by atoms with E-state index in [2.05, 4.69) is 38.2 Å². The van der Waals surface area contributed by atoms with Gasteiger partial charge in [-0.25, -0.2) is 0 Å². The van der Waals surface area contributed by atoms with Gasteiger partial charge in [-0.3, -0.25) is 0 Å². The molecule has 14 heavy (non-hydrogen) atoms. The zero-order valence-electron chi connectivity index (χ0n) is 9.05. The quantitative estimate of drug-likeness (QED) is 0.680. The molecule has 2 rings (SSSR count). The van der Waals surface area contributed by atoms with E-state index in [9.17, 15) is 0 Å². The summed E-state index contributed by atoms with van der Waals surface area (Å²) in [6.07, 6.45) is 0. The third-order valence-corrected chi connectivity index (χ3v) is 2.76. The maximum atomic E-state index is 5.73. The van der Waals surface area contributed by atoms with E-state index in [1.165, 1.54) is 11.1 Å². The SMILES string of the molecule is Cc1cc2c(cc1C)OCC(C)CN2. The van der Waals surface area contributed by atoms with Crippen molar-refractivity contribution in [1.29, 1.82) is 0 Å². The highest BCUT2D eigenvalue weighted by molar-refractivity contribution is 5.60. The van der Waals surface area contributed by atoms with Crippen molar-refractivity contribution < 1.29 is 4.74 Å². The van der Waals surface area contributed by atoms with Gasteiger partial charge in [-0.2, -0.15) is 0 Å². The van der Waals surface area contributed by atoms with Gasteiger partial charge < -0.3 is 10.1 Å². The van der Waals surface area contributed by atoms with Crippen molar-refractivity contribution >= 4 is 5.69 Å². The summed E-state index contributed by atoms with van der Waals surface area (Å²) < 4.78 is 5.73. The number of fused-ring (bicyclic) bond motifs is 1. The van der Waals surface area contributed by atoms with Gasteiger partial charge >= 0.3 is 0 Å². The largest absolute Gasteiger partial charge is 0.491 e. The normalized spacial score (nSPS) is 20.4. The summed E-state index contributed by atoms with van der Waals surface area (Å²) in [6, 6.07) is 4.29. The molecule has 1 aliphatic heterocycles. The molecule has 1 N–H and O–H groups in total. The third kappa shape index (κ3) is 1.69. The van der Waals surface area contributed by atoms with E-state index < -0.39 is 0 Å². The molecule has 0 spiro atoms. The number of ether oxygens (including phenoxy) is 1. The van der Waals surface area contributed by atoms with Gasteiger partial charge in [-0.15, -0.1) is 0 Å². The van der Waals surface area contributed by atoms with E-state index in [-0.39, 0.29) is 0 Å². The standard InChI is InChI=1S/C12H17NO/c1-8-6-13-11-4-9(2)10(3)5-12(11)14-7-8/h4-5,8,13H,6-7H2,1-3H3. The average Bonchev–Trinajstić information content (AvgIpc) is 2.31. The Balaban J connectivity index is 2.36. The van der Waals surface area contributed by atoms with Crippen LogP contribution >= 0.6 is 0 Å². The van der Waals surface area contributed by atoms with Crippen LogP contribution in [0, 0.1) is 19.8 Å². The summed E-state index contributed by atoms with van der Waals surface area (Å²) in [6.45, 7) is 8.25. The Morgan fingerprint density at radius 2 is 2.00 bits per heavy atom. The van der Waals surface area contributed by atoms with Crippen LogP contribution in [0.2, 0.25) is 0 Å². The number of anilines is 1. The predicted octanol–water partition coefficient (Wildman–Crippen LogP) is 2.74. The van der Waals surface area contributed by atoms with Gasteiger partial charge in [0.2, 0.25) is 0 Å². The van der Waals surface area contributed by atoms with Crippen LogP contribution in [0.4, 0.5) is 5.69 Å². The highest BCUT2D eigenvalue weighted by atomic mass is 16.5. The number of hydrogen-bond donors (Lipinski definition) is 1. The fourth-order valence-electron chi connectivity index (χ4n) is 1.62. The zero-order chi connectivity index (χ0) is 10.1. The van der Waals surface area contributed by atoms with Crippen LogP contribution < -0.4 is 10.1 Å². The van der Waals surface area contributed by atoms with Gasteiger partial charge in [-0.1, -0.05) is 6.92 Å². The highest BCUT2D eigenvalue weighted by Crippen LogP contribution is 2.30. The van der Waals surface area contributed by atoms with Crippen LogP contribution in [-0.2, 0) is 0 Å². The monoisotopic (exact) mass is 191 g/mol. The smallest absolute Gasteiger partial charge is 0.142 e. The van der Waals surface area contributed by atoms with Crippen molar-refractivity contribution in [2.75, 3.05) is 18.5 Å². The minimum absolute atomic E-state index is 0.572. The molecule has 1 aromatic carbocycles. The Kier molecular flexibility index (Phi) is 2.36. The first-order chi connectivity index (χ1) is 6.66. The lowest BCUT2D eigenvalue weighted by molar-refractivity contribution is 0.275. The molecule has 1 unspecified atom stereocenters.